The number of amides is 6. The predicted octanol–water partition coefficient (Wildman–Crippen LogP) is 14.9. The number of carbonyl (C=O) groups excluding carboxylic acids is 7. The van der Waals surface area contributed by atoms with Crippen molar-refractivity contribution in [2.75, 3.05) is 61.3 Å². The van der Waals surface area contributed by atoms with Gasteiger partial charge in [-0.05, 0) is 142 Å². The van der Waals surface area contributed by atoms with Gasteiger partial charge in [0.05, 0.1) is 117 Å². The first-order valence-electron chi connectivity index (χ1n) is 40.9. The number of para-hydroxylation sites is 4. The minimum atomic E-state index is -0.901. The highest BCUT2D eigenvalue weighted by Gasteiger charge is 2.42. The molecular formula is C96H83N9O20. The Morgan fingerprint density at radius 2 is 0.632 bits per heavy atom. The highest BCUT2D eigenvalue weighted by molar-refractivity contribution is 6.18. The highest BCUT2D eigenvalue weighted by Crippen LogP contribution is 2.48. The molecule has 632 valence electrons. The maximum Gasteiger partial charge on any atom is 0.333 e. The van der Waals surface area contributed by atoms with Gasteiger partial charge in [0.1, 0.15) is 37.9 Å². The summed E-state index contributed by atoms with van der Waals surface area (Å²) in [5, 5.41) is 9.67. The van der Waals surface area contributed by atoms with Gasteiger partial charge in [-0.2, -0.15) is 0 Å². The van der Waals surface area contributed by atoms with Crippen LogP contribution in [0, 0.1) is 0 Å². The molecule has 29 nitrogen and oxygen atoms in total. The van der Waals surface area contributed by atoms with Gasteiger partial charge < -0.3 is 57.3 Å². The molecule has 9 aliphatic heterocycles. The van der Waals surface area contributed by atoms with Crippen LogP contribution < -0.4 is 67.0 Å². The summed E-state index contributed by atoms with van der Waals surface area (Å²) < 4.78 is 60.5. The van der Waals surface area contributed by atoms with Crippen LogP contribution >= 0.6 is 0 Å². The van der Waals surface area contributed by atoms with E-state index in [2.05, 4.69) is 0 Å². The summed E-state index contributed by atoms with van der Waals surface area (Å²) in [6.07, 6.45) is 10.3. The van der Waals surface area contributed by atoms with Gasteiger partial charge in [0, 0.05) is 117 Å². The molecule has 10 aromatic carbocycles. The molecule has 125 heavy (non-hydrogen) atoms. The summed E-state index contributed by atoms with van der Waals surface area (Å²) in [6.45, 7) is 0.563. The lowest BCUT2D eigenvalue weighted by atomic mass is 10.1. The molecular weight excluding hydrogens is 1600 g/mol. The number of methoxy groups -OCH3 is 4. The zero-order chi connectivity index (χ0) is 86.1. The Labute approximate surface area is 717 Å². The van der Waals surface area contributed by atoms with Crippen LogP contribution in [0.4, 0.5) is 45.5 Å². The number of benzene rings is 10. The van der Waals surface area contributed by atoms with Crippen molar-refractivity contribution in [2.45, 2.75) is 115 Å². The Hall–Kier alpha value is -15.2. The van der Waals surface area contributed by atoms with Crippen molar-refractivity contribution in [1.29, 1.82) is 0 Å². The van der Waals surface area contributed by atoms with E-state index >= 15 is 0 Å². The number of carboxylic acids is 1. The largest absolute Gasteiger partial charge is 0.494 e. The Balaban J connectivity index is 0.000000171. The molecule has 4 atom stereocenters. The molecule has 0 aliphatic carbocycles. The van der Waals surface area contributed by atoms with Gasteiger partial charge in [0.15, 0.2) is 46.0 Å². The topological polar surface area (TPSA) is 324 Å². The number of fused-ring (bicyclic) bond motifs is 16. The summed E-state index contributed by atoms with van der Waals surface area (Å²) in [5.74, 6) is 0.539. The van der Waals surface area contributed by atoms with Gasteiger partial charge in [-0.15, -0.1) is 5.06 Å². The molecule has 0 saturated carbocycles. The van der Waals surface area contributed by atoms with Crippen LogP contribution in [0.3, 0.4) is 0 Å². The Bertz CT molecular complexity index is 5860. The van der Waals surface area contributed by atoms with Gasteiger partial charge in [-0.1, -0.05) is 72.8 Å². The number of carboxylic acid groups (broad SMARTS) is 1. The van der Waals surface area contributed by atoms with Crippen LogP contribution in [0.5, 0.6) is 57.5 Å². The molecule has 0 spiro atoms. The van der Waals surface area contributed by atoms with Gasteiger partial charge in [0.2, 0.25) is 0 Å². The second-order valence-corrected chi connectivity index (χ2v) is 31.0. The first-order valence-corrected chi connectivity index (χ1v) is 40.9. The molecule has 0 unspecified atom stereocenters. The number of rotatable bonds is 27. The first kappa shape index (κ1) is 80.9. The summed E-state index contributed by atoms with van der Waals surface area (Å²) in [5.41, 5.74) is 14.2. The molecule has 9 heterocycles. The quantitative estimate of drug-likeness (QED) is 0.0369. The van der Waals surface area contributed by atoms with E-state index in [1.54, 1.807) is 92.7 Å². The average Bonchev–Trinajstić information content (AvgIpc) is 1.63. The SMILES string of the molecule is COc1cc2c(cc1OCc1cc(COc3cc4c(cc3OC)C(=O)N3c5ccccc5C[C@H]3C=N4)cc(OCCCC(=O)O)c1)N=C[C@@H]1Cc3ccccc3N1C2=O.COc1cc2c(cc1OCc1cc(COc3cc4c(cc3OC)C(=O)N3c5ccccc5C[C@H]3C=N4)cc(OCCCC(=O)ON3C(=O)CCC3=O)c1)N=C[C@@H]1Cc3ccccc3N1C2=O. The van der Waals surface area contributed by atoms with Crippen molar-refractivity contribution in [2.24, 2.45) is 20.0 Å². The number of ether oxygens (including phenoxy) is 10. The second kappa shape index (κ2) is 34.8. The fraction of sp³-hybridized carbons (Fsp3) is 0.250. The van der Waals surface area contributed by atoms with E-state index in [0.29, 0.717) is 151 Å². The van der Waals surface area contributed by atoms with Crippen molar-refractivity contribution in [3.05, 3.63) is 249 Å². The second-order valence-electron chi connectivity index (χ2n) is 31.0. The third kappa shape index (κ3) is 16.3. The number of anilines is 4. The maximum absolute atomic E-state index is 14.0. The fourth-order valence-corrected chi connectivity index (χ4v) is 17.0. The molecule has 10 aromatic rings. The highest BCUT2D eigenvalue weighted by atomic mass is 16.7. The monoisotopic (exact) mass is 1680 g/mol. The van der Waals surface area contributed by atoms with E-state index in [1.807, 2.05) is 134 Å². The minimum absolute atomic E-state index is 0.00424. The third-order valence-electron chi connectivity index (χ3n) is 22.9. The molecule has 0 radical (unpaired) electrons. The summed E-state index contributed by atoms with van der Waals surface area (Å²) in [7, 11) is 6.06. The summed E-state index contributed by atoms with van der Waals surface area (Å²) in [4.78, 5) is 134. The smallest absolute Gasteiger partial charge is 0.333 e. The van der Waals surface area contributed by atoms with Crippen LogP contribution in [-0.2, 0) is 76.1 Å². The zero-order valence-electron chi connectivity index (χ0n) is 68.5. The predicted molar refractivity (Wildman–Crippen MR) is 462 cm³/mol. The lowest BCUT2D eigenvalue weighted by Crippen LogP contribution is -2.37. The molecule has 6 amide bonds. The van der Waals surface area contributed by atoms with Crippen LogP contribution in [0.2, 0.25) is 0 Å². The standard InChI is InChI=1S/C50H43N5O11.C46H40N4O9/c1-61-42-21-36-38(51-25-33-19-31-8-3-5-10-40(31)53(33)49(36)59)23-44(42)64-27-29-16-30(18-35(17-29)63-15-7-12-48(58)66-55-46(56)13-14-47(55)57)28-65-45-24-39-37(22-43(45)62-2)50(60)54-34(26-52-39)20-32-9-4-6-11-41(32)54;1-55-40-19-34-36(47-23-31-17-29-8-3-5-10-38(29)49(31)45(34)53)21-42(40)58-25-27-14-28(16-33(15-27)57-13-7-12-44(51)52)26-59-43-22-37-35(20-41(43)56-2)46(54)50-32(24-48-37)18-30-9-4-6-11-39(30)50/h3-6,8-11,16-18,21-26,33-34H,7,12-15,19-20,27-28H2,1-2H3;3-6,8-11,14-16,19-24,31-32H,7,12-13,17-18,25-26H2,1-2H3,(H,51,52)/t33-,34-;31-,32-/m00/s1. The molecule has 0 bridgehead atoms. The normalized spacial score (nSPS) is 17.2. The Morgan fingerprint density at radius 3 is 0.912 bits per heavy atom. The summed E-state index contributed by atoms with van der Waals surface area (Å²) in [6, 6.07) is 55.1. The lowest BCUT2D eigenvalue weighted by molar-refractivity contribution is -0.197. The number of hydroxylamine groups is 2. The number of hydrogen-bond donors (Lipinski definition) is 1. The van der Waals surface area contributed by atoms with Crippen molar-refractivity contribution >= 4 is 118 Å². The molecule has 1 saturated heterocycles. The number of aliphatic imine (C=N–C) groups is 4. The van der Waals surface area contributed by atoms with Crippen molar-refractivity contribution < 1.29 is 95.7 Å². The average molecular weight is 1680 g/mol. The van der Waals surface area contributed by atoms with E-state index in [4.69, 9.17) is 77.3 Å². The third-order valence-corrected chi connectivity index (χ3v) is 22.9. The van der Waals surface area contributed by atoms with Gasteiger partial charge in [-0.3, -0.25) is 73.1 Å². The maximum atomic E-state index is 14.0. The van der Waals surface area contributed by atoms with Crippen molar-refractivity contribution in [1.82, 2.24) is 5.06 Å². The van der Waals surface area contributed by atoms with E-state index < -0.39 is 23.8 Å². The molecule has 19 rings (SSSR count). The fourth-order valence-electron chi connectivity index (χ4n) is 17.0. The van der Waals surface area contributed by atoms with Gasteiger partial charge >= 0.3 is 11.9 Å². The van der Waals surface area contributed by atoms with Gasteiger partial charge in [-0.25, -0.2) is 4.79 Å². The van der Waals surface area contributed by atoms with E-state index in [9.17, 15) is 38.4 Å². The number of aliphatic carboxylic acids is 1. The van der Waals surface area contributed by atoms with E-state index in [-0.39, 0.29) is 120 Å². The molecule has 1 fully saturated rings. The lowest BCUT2D eigenvalue weighted by Gasteiger charge is -2.22. The van der Waals surface area contributed by atoms with Crippen LogP contribution in [0.15, 0.2) is 202 Å². The van der Waals surface area contributed by atoms with Crippen molar-refractivity contribution in [3.63, 3.8) is 0 Å². The molecule has 0 aromatic heterocycles. The molecule has 9 aliphatic rings. The van der Waals surface area contributed by atoms with E-state index in [1.165, 1.54) is 28.4 Å². The van der Waals surface area contributed by atoms with Crippen LogP contribution in [-0.4, -0.2) is 148 Å². The van der Waals surface area contributed by atoms with E-state index in [0.717, 1.165) is 56.1 Å². The zero-order valence-corrected chi connectivity index (χ0v) is 68.5. The Kier molecular flexibility index (Phi) is 22.5. The molecule has 29 heteroatoms. The first-order chi connectivity index (χ1) is 60.9. The van der Waals surface area contributed by atoms with Crippen LogP contribution in [0.1, 0.15) is 124 Å². The number of hydrogen-bond acceptors (Lipinski definition) is 23. The van der Waals surface area contributed by atoms with Crippen LogP contribution in [0.25, 0.3) is 0 Å². The van der Waals surface area contributed by atoms with Crippen molar-refractivity contribution in [3.8, 4) is 57.5 Å². The molecule has 1 N–H and O–H groups in total. The minimum Gasteiger partial charge on any atom is -0.494 e. The van der Waals surface area contributed by atoms with Gasteiger partial charge in [0.25, 0.3) is 35.4 Å². The number of carbonyl (C=O) groups is 8. The number of nitrogens with zero attached hydrogens (tertiary/aromatic N) is 9. The number of imide groups is 1. The Morgan fingerprint density at radius 1 is 0.352 bits per heavy atom. The summed E-state index contributed by atoms with van der Waals surface area (Å²) >= 11 is 0.